The van der Waals surface area contributed by atoms with Crippen LogP contribution in [0.3, 0.4) is 0 Å². The van der Waals surface area contributed by atoms with Gasteiger partial charge in [-0.2, -0.15) is 0 Å². The Balaban J connectivity index is 1.74. The minimum atomic E-state index is -0.170. The number of carbonyl (C=O) groups is 1. The Morgan fingerprint density at radius 2 is 2.00 bits per heavy atom. The Bertz CT molecular complexity index is 640. The van der Waals surface area contributed by atoms with Gasteiger partial charge in [-0.3, -0.25) is 0 Å². The lowest BCUT2D eigenvalue weighted by molar-refractivity contribution is 0.237. The Morgan fingerprint density at radius 3 is 2.61 bits per heavy atom. The second-order valence-corrected chi connectivity index (χ2v) is 6.74. The summed E-state index contributed by atoms with van der Waals surface area (Å²) in [7, 11) is 0. The van der Waals surface area contributed by atoms with Crippen molar-refractivity contribution in [2.45, 2.75) is 39.2 Å². The third-order valence-electron chi connectivity index (χ3n) is 3.48. The normalized spacial score (nSPS) is 13.3. The smallest absolute Gasteiger partial charge is 0.315 e. The number of aromatic hydroxyl groups is 1. The zero-order chi connectivity index (χ0) is 16.8. The molecular weight excluding hydrogens is 310 g/mol. The summed E-state index contributed by atoms with van der Waals surface area (Å²) in [5.74, 6) is 0.449. The summed E-state index contributed by atoms with van der Waals surface area (Å²) in [4.78, 5) is 16.4. The number of urea groups is 1. The van der Waals surface area contributed by atoms with Crippen LogP contribution in [0.5, 0.6) is 5.75 Å². The molecule has 2 atom stereocenters. The largest absolute Gasteiger partial charge is 0.508 e. The fraction of sp³-hybridized carbons (Fsp3) is 0.412. The number of nitrogens with zero attached hydrogens (tertiary/aromatic N) is 1. The molecule has 2 rings (SSSR count). The van der Waals surface area contributed by atoms with E-state index in [1.807, 2.05) is 31.4 Å². The van der Waals surface area contributed by atoms with Crippen LogP contribution in [0.2, 0.25) is 0 Å². The number of nitrogens with one attached hydrogen (secondary N) is 2. The second-order valence-electron chi connectivity index (χ2n) is 5.85. The molecule has 0 saturated carbocycles. The molecule has 124 valence electrons. The lowest BCUT2D eigenvalue weighted by Gasteiger charge is -2.16. The van der Waals surface area contributed by atoms with E-state index < -0.39 is 0 Å². The molecule has 0 saturated heterocycles. The zero-order valence-corrected chi connectivity index (χ0v) is 14.5. The quantitative estimate of drug-likeness (QED) is 0.760. The molecule has 3 N–H and O–H groups in total. The molecule has 0 aliphatic heterocycles. The molecule has 23 heavy (non-hydrogen) atoms. The second kappa shape index (κ2) is 7.97. The van der Waals surface area contributed by atoms with E-state index in [-0.39, 0.29) is 23.7 Å². The average Bonchev–Trinajstić information content (AvgIpc) is 2.94. The summed E-state index contributed by atoms with van der Waals surface area (Å²) in [5, 5.41) is 18.1. The molecular formula is C17H23N3O2S. The molecule has 0 aliphatic rings. The maximum Gasteiger partial charge on any atom is 0.315 e. The van der Waals surface area contributed by atoms with E-state index in [1.165, 1.54) is 0 Å². The molecule has 2 amide bonds. The zero-order valence-electron chi connectivity index (χ0n) is 13.7. The van der Waals surface area contributed by atoms with Crippen molar-refractivity contribution in [2.75, 3.05) is 6.54 Å². The van der Waals surface area contributed by atoms with Crippen LogP contribution in [0.4, 0.5) is 4.79 Å². The van der Waals surface area contributed by atoms with Gasteiger partial charge in [-0.15, -0.1) is 11.3 Å². The summed E-state index contributed by atoms with van der Waals surface area (Å²) in [5.41, 5.74) is 2.09. The van der Waals surface area contributed by atoms with Gasteiger partial charge in [0.05, 0.1) is 5.01 Å². The molecule has 1 aromatic heterocycles. The number of phenolic OH excluding ortho intramolecular Hbond substituents is 1. The van der Waals surface area contributed by atoms with E-state index in [4.69, 9.17) is 0 Å². The lowest BCUT2D eigenvalue weighted by Crippen LogP contribution is -2.42. The van der Waals surface area contributed by atoms with Crippen molar-refractivity contribution in [3.8, 4) is 5.75 Å². The number of hydrogen-bond donors (Lipinski definition) is 3. The van der Waals surface area contributed by atoms with Gasteiger partial charge in [0, 0.05) is 29.6 Å². The molecule has 1 aromatic carbocycles. The van der Waals surface area contributed by atoms with E-state index in [1.54, 1.807) is 23.5 Å². The Hall–Kier alpha value is -2.08. The van der Waals surface area contributed by atoms with Crippen molar-refractivity contribution >= 4 is 17.4 Å². The van der Waals surface area contributed by atoms with Gasteiger partial charge < -0.3 is 15.7 Å². The summed E-state index contributed by atoms with van der Waals surface area (Å²) < 4.78 is 0. The molecule has 0 spiro atoms. The van der Waals surface area contributed by atoms with Gasteiger partial charge >= 0.3 is 6.03 Å². The van der Waals surface area contributed by atoms with Crippen molar-refractivity contribution in [3.05, 3.63) is 45.9 Å². The molecule has 1 heterocycles. The van der Waals surface area contributed by atoms with E-state index >= 15 is 0 Å². The number of amides is 2. The van der Waals surface area contributed by atoms with E-state index in [9.17, 15) is 9.90 Å². The molecule has 0 unspecified atom stereocenters. The Labute approximate surface area is 140 Å². The highest BCUT2D eigenvalue weighted by Crippen LogP contribution is 2.18. The van der Waals surface area contributed by atoms with Crippen molar-refractivity contribution < 1.29 is 9.90 Å². The minimum absolute atomic E-state index is 0.0111. The third-order valence-corrected chi connectivity index (χ3v) is 4.68. The van der Waals surface area contributed by atoms with E-state index in [0.717, 1.165) is 22.7 Å². The van der Waals surface area contributed by atoms with Crippen molar-refractivity contribution in [3.63, 3.8) is 0 Å². The van der Waals surface area contributed by atoms with Crippen molar-refractivity contribution in [2.24, 2.45) is 0 Å². The first-order valence-corrected chi connectivity index (χ1v) is 8.56. The van der Waals surface area contributed by atoms with Crippen LogP contribution >= 0.6 is 11.3 Å². The topological polar surface area (TPSA) is 74.2 Å². The number of aryl methyl sites for hydroxylation is 1. The van der Waals surface area contributed by atoms with Gasteiger partial charge in [0.1, 0.15) is 5.75 Å². The number of carbonyl (C=O) groups excluding carboxylic acids is 1. The highest BCUT2D eigenvalue weighted by atomic mass is 32.1. The first-order valence-electron chi connectivity index (χ1n) is 7.68. The minimum Gasteiger partial charge on any atom is -0.508 e. The molecule has 0 bridgehead atoms. The van der Waals surface area contributed by atoms with E-state index in [2.05, 4.69) is 22.5 Å². The van der Waals surface area contributed by atoms with Crippen LogP contribution in [0, 0.1) is 6.92 Å². The number of benzene rings is 1. The van der Waals surface area contributed by atoms with Gasteiger partial charge in [0.25, 0.3) is 0 Å². The fourth-order valence-corrected chi connectivity index (χ4v) is 3.10. The molecule has 0 radical (unpaired) electrons. The monoisotopic (exact) mass is 333 g/mol. The van der Waals surface area contributed by atoms with Crippen molar-refractivity contribution in [1.29, 1.82) is 0 Å². The number of phenols is 1. The first kappa shape index (κ1) is 17.3. The first-order chi connectivity index (χ1) is 10.9. The molecule has 2 aromatic rings. The molecule has 6 heteroatoms. The predicted octanol–water partition coefficient (Wildman–Crippen LogP) is 3.19. The number of rotatable bonds is 6. The highest BCUT2D eigenvalue weighted by Gasteiger charge is 2.12. The molecule has 0 aliphatic carbocycles. The summed E-state index contributed by atoms with van der Waals surface area (Å²) in [6.07, 6.45) is 0.717. The van der Waals surface area contributed by atoms with Crippen molar-refractivity contribution in [1.82, 2.24) is 15.6 Å². The van der Waals surface area contributed by atoms with Crippen LogP contribution in [-0.2, 0) is 6.42 Å². The molecule has 5 nitrogen and oxygen atoms in total. The summed E-state index contributed by atoms with van der Waals surface area (Å²) in [6.45, 7) is 6.54. The lowest BCUT2D eigenvalue weighted by atomic mass is 10.1. The SMILES string of the molecule is Cc1csc([C@H](C)CNC(=O)N[C@H](C)Cc2ccc(O)cc2)n1. The number of aromatic nitrogens is 1. The molecule has 0 fully saturated rings. The average molecular weight is 333 g/mol. The van der Waals surface area contributed by atoms with Crippen LogP contribution in [0.15, 0.2) is 29.6 Å². The van der Waals surface area contributed by atoms with Crippen LogP contribution in [-0.4, -0.2) is 28.7 Å². The van der Waals surface area contributed by atoms with Crippen LogP contribution < -0.4 is 10.6 Å². The van der Waals surface area contributed by atoms with E-state index in [0.29, 0.717) is 6.54 Å². The standard InChI is InChI=1S/C17H23N3O2S/c1-11(16-19-13(3)10-23-16)9-18-17(22)20-12(2)8-14-4-6-15(21)7-5-14/h4-7,10-12,21H,8-9H2,1-3H3,(H2,18,20,22)/t11-,12-/m1/s1. The van der Waals surface area contributed by atoms with Gasteiger partial charge in [-0.1, -0.05) is 19.1 Å². The summed E-state index contributed by atoms with van der Waals surface area (Å²) in [6, 6.07) is 6.87. The maximum absolute atomic E-state index is 12.0. The Morgan fingerprint density at radius 1 is 1.30 bits per heavy atom. The summed E-state index contributed by atoms with van der Waals surface area (Å²) >= 11 is 1.62. The van der Waals surface area contributed by atoms with Gasteiger partial charge in [0.15, 0.2) is 0 Å². The van der Waals surface area contributed by atoms with Crippen LogP contribution in [0.1, 0.15) is 36.0 Å². The highest BCUT2D eigenvalue weighted by molar-refractivity contribution is 7.09. The van der Waals surface area contributed by atoms with Gasteiger partial charge in [0.2, 0.25) is 0 Å². The van der Waals surface area contributed by atoms with Gasteiger partial charge in [-0.25, -0.2) is 9.78 Å². The fourth-order valence-electron chi connectivity index (χ4n) is 2.24. The predicted molar refractivity (Wildman–Crippen MR) is 93.1 cm³/mol. The third kappa shape index (κ3) is 5.56. The number of hydrogen-bond acceptors (Lipinski definition) is 4. The van der Waals surface area contributed by atoms with Crippen LogP contribution in [0.25, 0.3) is 0 Å². The number of thiazole rings is 1. The maximum atomic E-state index is 12.0. The Kier molecular flexibility index (Phi) is 5.98. The van der Waals surface area contributed by atoms with Gasteiger partial charge in [-0.05, 0) is 38.0 Å².